The topological polar surface area (TPSA) is 38.3 Å². The maximum Gasteiger partial charge on any atom is 0.252 e. The summed E-state index contributed by atoms with van der Waals surface area (Å²) in [6.07, 6.45) is 1.77. The highest BCUT2D eigenvalue weighted by Crippen LogP contribution is 2.24. The van der Waals surface area contributed by atoms with E-state index in [9.17, 15) is 4.79 Å². The fraction of sp³-hybridized carbons (Fsp3) is 0.583. The zero-order chi connectivity index (χ0) is 12.5. The van der Waals surface area contributed by atoms with Crippen LogP contribution in [0.2, 0.25) is 0 Å². The summed E-state index contributed by atoms with van der Waals surface area (Å²) in [5.74, 6) is 0.0341. The summed E-state index contributed by atoms with van der Waals surface area (Å²) >= 11 is 3.82. The van der Waals surface area contributed by atoms with Crippen LogP contribution in [0.5, 0.6) is 0 Å². The smallest absolute Gasteiger partial charge is 0.252 e. The highest BCUT2D eigenvalue weighted by Gasteiger charge is 2.29. The average Bonchev–Trinajstić information content (AvgIpc) is 2.63. The Kier molecular flexibility index (Phi) is 4.10. The van der Waals surface area contributed by atoms with Gasteiger partial charge in [0, 0.05) is 18.0 Å². The second-order valence-electron chi connectivity index (χ2n) is 4.91. The Hall–Kier alpha value is -0.140. The number of hydrogen-bond donors (Lipinski definition) is 1. The van der Waals surface area contributed by atoms with Gasteiger partial charge in [-0.15, -0.1) is 11.3 Å². The van der Waals surface area contributed by atoms with E-state index in [1.807, 2.05) is 11.4 Å². The lowest BCUT2D eigenvalue weighted by atomic mass is 9.94. The van der Waals surface area contributed by atoms with E-state index in [0.29, 0.717) is 0 Å². The number of nitrogens with one attached hydrogen (secondary N) is 1. The minimum absolute atomic E-state index is 0.0341. The summed E-state index contributed by atoms with van der Waals surface area (Å²) in [4.78, 5) is 12.0. The number of ether oxygens (including phenoxy) is 1. The van der Waals surface area contributed by atoms with E-state index >= 15 is 0 Å². The first-order valence-electron chi connectivity index (χ1n) is 5.65. The van der Waals surface area contributed by atoms with E-state index in [-0.39, 0.29) is 17.6 Å². The predicted octanol–water partition coefficient (Wildman–Crippen LogP) is 3.04. The van der Waals surface area contributed by atoms with Crippen LogP contribution in [0.4, 0.5) is 0 Å². The highest BCUT2D eigenvalue weighted by molar-refractivity contribution is 14.1. The molecule has 1 aromatic rings. The van der Waals surface area contributed by atoms with Crippen molar-refractivity contribution in [1.82, 2.24) is 5.32 Å². The van der Waals surface area contributed by atoms with Gasteiger partial charge in [-0.25, -0.2) is 0 Å². The molecule has 1 aliphatic heterocycles. The molecule has 94 valence electrons. The van der Waals surface area contributed by atoms with Crippen molar-refractivity contribution in [2.45, 2.75) is 38.3 Å². The number of thiophene rings is 1. The third-order valence-corrected chi connectivity index (χ3v) is 4.65. The fourth-order valence-corrected chi connectivity index (χ4v) is 3.38. The maximum absolute atomic E-state index is 12.0. The zero-order valence-electron chi connectivity index (χ0n) is 9.96. The zero-order valence-corrected chi connectivity index (χ0v) is 12.9. The molecule has 5 heteroatoms. The summed E-state index contributed by atoms with van der Waals surface area (Å²) < 4.78 is 6.78. The van der Waals surface area contributed by atoms with E-state index in [1.165, 1.54) is 0 Å². The van der Waals surface area contributed by atoms with Crippen LogP contribution in [0.15, 0.2) is 11.4 Å². The highest BCUT2D eigenvalue weighted by atomic mass is 127. The van der Waals surface area contributed by atoms with Gasteiger partial charge in [0.25, 0.3) is 5.91 Å². The van der Waals surface area contributed by atoms with E-state index in [2.05, 4.69) is 41.8 Å². The molecule has 0 spiro atoms. The largest absolute Gasteiger partial charge is 0.375 e. The second kappa shape index (κ2) is 5.24. The lowest BCUT2D eigenvalue weighted by Gasteiger charge is -2.35. The van der Waals surface area contributed by atoms with Gasteiger partial charge in [-0.1, -0.05) is 0 Å². The van der Waals surface area contributed by atoms with Gasteiger partial charge in [0.15, 0.2) is 0 Å². The van der Waals surface area contributed by atoms with Gasteiger partial charge in [0.1, 0.15) is 0 Å². The molecule has 2 rings (SSSR count). The lowest BCUT2D eigenvalue weighted by Crippen LogP contribution is -2.45. The standard InChI is InChI=1S/C12H16INO2S/c1-12(2)6-9(3-4-16-12)14-11(15)8-5-10(13)17-7-8/h5,7,9H,3-4,6H2,1-2H3,(H,14,15). The third-order valence-electron chi connectivity index (χ3n) is 2.86. The number of carbonyl (C=O) groups is 1. The number of hydrogen-bond acceptors (Lipinski definition) is 3. The molecule has 17 heavy (non-hydrogen) atoms. The molecule has 1 unspecified atom stereocenters. The van der Waals surface area contributed by atoms with Gasteiger partial charge in [-0.3, -0.25) is 4.79 Å². The minimum atomic E-state index is -0.126. The summed E-state index contributed by atoms with van der Waals surface area (Å²) in [5, 5.41) is 4.99. The van der Waals surface area contributed by atoms with Gasteiger partial charge >= 0.3 is 0 Å². The van der Waals surface area contributed by atoms with Crippen molar-refractivity contribution in [3.63, 3.8) is 0 Å². The first-order valence-corrected chi connectivity index (χ1v) is 7.61. The van der Waals surface area contributed by atoms with Gasteiger partial charge in [-0.05, 0) is 55.3 Å². The predicted molar refractivity (Wildman–Crippen MR) is 77.6 cm³/mol. The average molecular weight is 365 g/mol. The molecule has 1 N–H and O–H groups in total. The van der Waals surface area contributed by atoms with Crippen molar-refractivity contribution in [2.75, 3.05) is 6.61 Å². The molecule has 1 aliphatic rings. The first kappa shape index (κ1) is 13.3. The van der Waals surface area contributed by atoms with Gasteiger partial charge in [-0.2, -0.15) is 0 Å². The molecule has 3 nitrogen and oxygen atoms in total. The van der Waals surface area contributed by atoms with Crippen LogP contribution >= 0.6 is 33.9 Å². The molecular formula is C12H16INO2S. The molecule has 1 fully saturated rings. The number of carbonyl (C=O) groups excluding carboxylic acids is 1. The van der Waals surface area contributed by atoms with Crippen LogP contribution in [0.3, 0.4) is 0 Å². The van der Waals surface area contributed by atoms with Gasteiger partial charge < -0.3 is 10.1 Å². The van der Waals surface area contributed by atoms with E-state index in [0.717, 1.165) is 27.9 Å². The summed E-state index contributed by atoms with van der Waals surface area (Å²) in [7, 11) is 0. The van der Waals surface area contributed by atoms with Gasteiger partial charge in [0.05, 0.1) is 14.0 Å². The van der Waals surface area contributed by atoms with Gasteiger partial charge in [0.2, 0.25) is 0 Å². The van der Waals surface area contributed by atoms with Crippen molar-refractivity contribution in [1.29, 1.82) is 0 Å². The molecule has 0 aromatic carbocycles. The molecular weight excluding hydrogens is 349 g/mol. The van der Waals surface area contributed by atoms with Crippen LogP contribution in [0.1, 0.15) is 37.0 Å². The number of amides is 1. The molecule has 0 radical (unpaired) electrons. The van der Waals surface area contributed by atoms with E-state index in [1.54, 1.807) is 11.3 Å². The maximum atomic E-state index is 12.0. The van der Waals surface area contributed by atoms with Crippen molar-refractivity contribution in [2.24, 2.45) is 0 Å². The summed E-state index contributed by atoms with van der Waals surface area (Å²) in [6.45, 7) is 4.86. The van der Waals surface area contributed by atoms with Crippen molar-refractivity contribution in [3.05, 3.63) is 19.9 Å². The molecule has 0 saturated carbocycles. The fourth-order valence-electron chi connectivity index (χ4n) is 2.05. The van der Waals surface area contributed by atoms with Crippen LogP contribution < -0.4 is 5.32 Å². The molecule has 1 amide bonds. The number of rotatable bonds is 2. The second-order valence-corrected chi connectivity index (χ2v) is 7.72. The minimum Gasteiger partial charge on any atom is -0.375 e. The normalized spacial score (nSPS) is 23.4. The Morgan fingerprint density at radius 2 is 2.41 bits per heavy atom. The van der Waals surface area contributed by atoms with Crippen molar-refractivity contribution >= 4 is 39.8 Å². The Balaban J connectivity index is 1.95. The first-order chi connectivity index (χ1) is 7.96. The van der Waals surface area contributed by atoms with Crippen LogP contribution in [-0.2, 0) is 4.74 Å². The molecule has 1 aromatic heterocycles. The van der Waals surface area contributed by atoms with Crippen LogP contribution in [0, 0.1) is 2.88 Å². The number of halogens is 1. The van der Waals surface area contributed by atoms with Crippen LogP contribution in [-0.4, -0.2) is 24.2 Å². The molecule has 2 heterocycles. The Morgan fingerprint density at radius 1 is 1.65 bits per heavy atom. The van der Waals surface area contributed by atoms with Crippen molar-refractivity contribution in [3.8, 4) is 0 Å². The SMILES string of the molecule is CC1(C)CC(NC(=O)c2csc(I)c2)CCO1. The quantitative estimate of drug-likeness (QED) is 0.819. The monoisotopic (exact) mass is 365 g/mol. The van der Waals surface area contributed by atoms with E-state index < -0.39 is 0 Å². The molecule has 1 saturated heterocycles. The Labute approximate surface area is 119 Å². The van der Waals surface area contributed by atoms with E-state index in [4.69, 9.17) is 4.74 Å². The summed E-state index contributed by atoms with van der Waals surface area (Å²) in [5.41, 5.74) is 0.642. The lowest BCUT2D eigenvalue weighted by molar-refractivity contribution is -0.0615. The third kappa shape index (κ3) is 3.66. The molecule has 0 aliphatic carbocycles. The summed E-state index contributed by atoms with van der Waals surface area (Å²) in [6, 6.07) is 2.15. The molecule has 0 bridgehead atoms. The Bertz CT molecular complexity index is 416. The Morgan fingerprint density at radius 3 is 3.00 bits per heavy atom. The van der Waals surface area contributed by atoms with Crippen molar-refractivity contribution < 1.29 is 9.53 Å². The van der Waals surface area contributed by atoms with Crippen LogP contribution in [0.25, 0.3) is 0 Å². The molecule has 1 atom stereocenters.